The normalized spacial score (nSPS) is 14.3. The van der Waals surface area contributed by atoms with Crippen molar-refractivity contribution in [2.24, 2.45) is 0 Å². The van der Waals surface area contributed by atoms with Crippen molar-refractivity contribution in [1.29, 1.82) is 0 Å². The average Bonchev–Trinajstić information content (AvgIpc) is 3.92. The van der Waals surface area contributed by atoms with Crippen molar-refractivity contribution in [1.82, 2.24) is 0 Å². The zero-order valence-corrected chi connectivity index (χ0v) is 43.7. The number of anilines is 5. The largest absolute Gasteiger partial charge is 0.310 e. The molecule has 0 unspecified atom stereocenters. The molecular formula is C65H59BN2S2. The summed E-state index contributed by atoms with van der Waals surface area (Å²) < 4.78 is 5.42. The Hall–Kier alpha value is -6.66. The van der Waals surface area contributed by atoms with Crippen LogP contribution in [0.25, 0.3) is 58.1 Å². The molecule has 12 rings (SSSR count). The van der Waals surface area contributed by atoms with E-state index >= 15 is 0 Å². The second kappa shape index (κ2) is 15.9. The Morgan fingerprint density at radius 3 is 1.54 bits per heavy atom. The number of benzene rings is 8. The van der Waals surface area contributed by atoms with E-state index in [1.54, 1.807) is 0 Å². The molecular weight excluding hydrogens is 884 g/mol. The molecule has 2 nitrogen and oxygen atoms in total. The maximum Gasteiger partial charge on any atom is 0.277 e. The molecule has 70 heavy (non-hydrogen) atoms. The minimum absolute atomic E-state index is 0.00841. The van der Waals surface area contributed by atoms with Gasteiger partial charge in [-0.1, -0.05) is 166 Å². The van der Waals surface area contributed by atoms with Gasteiger partial charge in [0, 0.05) is 52.5 Å². The highest BCUT2D eigenvalue weighted by molar-refractivity contribution is 7.40. The fourth-order valence-electron chi connectivity index (χ4n) is 11.2. The summed E-state index contributed by atoms with van der Waals surface area (Å²) in [7, 11) is 0. The van der Waals surface area contributed by atoms with Crippen molar-refractivity contribution >= 4 is 131 Å². The summed E-state index contributed by atoms with van der Waals surface area (Å²) in [5.74, 6) is 0. The Balaban J connectivity index is 1.09. The minimum Gasteiger partial charge on any atom is -0.310 e. The van der Waals surface area contributed by atoms with Crippen LogP contribution in [0.5, 0.6) is 0 Å². The van der Waals surface area contributed by atoms with Crippen LogP contribution >= 0.6 is 22.7 Å². The molecule has 0 fully saturated rings. The molecule has 0 bridgehead atoms. The first-order valence-corrected chi connectivity index (χ1v) is 26.4. The number of rotatable bonds is 5. The lowest BCUT2D eigenvalue weighted by molar-refractivity contribution is 0.590. The summed E-state index contributed by atoms with van der Waals surface area (Å²) in [6, 6.07) is 55.5. The Kier molecular flexibility index (Phi) is 10.1. The Bertz CT molecular complexity index is 3840. The van der Waals surface area contributed by atoms with E-state index in [0.717, 1.165) is 5.70 Å². The molecule has 0 radical (unpaired) electrons. The van der Waals surface area contributed by atoms with Crippen molar-refractivity contribution in [2.75, 3.05) is 9.80 Å². The molecule has 2 aliphatic rings. The van der Waals surface area contributed by atoms with Crippen LogP contribution in [-0.2, 0) is 16.2 Å². The smallest absolute Gasteiger partial charge is 0.277 e. The summed E-state index contributed by atoms with van der Waals surface area (Å²) in [4.78, 5) is 5.13. The van der Waals surface area contributed by atoms with Gasteiger partial charge in [-0.2, -0.15) is 0 Å². The lowest BCUT2D eigenvalue weighted by Crippen LogP contribution is -2.59. The highest BCUT2D eigenvalue weighted by atomic mass is 32.1. The predicted molar refractivity (Wildman–Crippen MR) is 312 cm³/mol. The van der Waals surface area contributed by atoms with Crippen molar-refractivity contribution in [3.8, 4) is 0 Å². The molecule has 0 saturated heterocycles. The molecule has 0 spiro atoms. The summed E-state index contributed by atoms with van der Waals surface area (Å²) in [6.07, 6.45) is 6.67. The van der Waals surface area contributed by atoms with E-state index in [0.29, 0.717) is 0 Å². The van der Waals surface area contributed by atoms with Gasteiger partial charge in [-0.25, -0.2) is 0 Å². The maximum atomic E-state index is 4.57. The predicted octanol–water partition coefficient (Wildman–Crippen LogP) is 17.4. The van der Waals surface area contributed by atoms with Gasteiger partial charge in [-0.3, -0.25) is 0 Å². The van der Waals surface area contributed by atoms with Crippen LogP contribution in [0.15, 0.2) is 176 Å². The SMILES string of the molecule is C=C/C(=C\C=C(/C)c1ccc2c3ccccc3c3ccccc3c2c1)N1c2cccc3c2B(c2sc4ccc(C(C)(C)C)cc4c21)c1sc2ccc(C(C)(C)C)cc2c1N3c1ccc(C(C)(C)C)cc1. The van der Waals surface area contributed by atoms with Gasteiger partial charge in [0.2, 0.25) is 0 Å². The highest BCUT2D eigenvalue weighted by Gasteiger charge is 2.47. The molecule has 344 valence electrons. The standard InChI is InChI=1S/C65H59BN2S2/c1-12-44(30-24-39(2)40-25-33-50-48-20-14-13-18-46(48)47-19-15-16-21-49(47)51(50)36-40)67-54-22-17-23-55-58(54)66(61-59(67)52-37-42(64(6,7)8)28-34-56(52)69-61)62-60(53-38-43(65(9,10)11)29-35-57(53)70-62)68(55)45-31-26-41(27-32-45)63(3,4)5/h12-38H,1H2,2-11H3/b39-24+,44-30+. The Morgan fingerprint density at radius 2 is 0.986 bits per heavy atom. The highest BCUT2D eigenvalue weighted by Crippen LogP contribution is 2.50. The molecule has 0 amide bonds. The molecule has 4 heterocycles. The summed E-state index contributed by atoms with van der Waals surface area (Å²) in [5, 5.41) is 10.3. The molecule has 5 heteroatoms. The van der Waals surface area contributed by atoms with E-state index in [2.05, 4.69) is 249 Å². The van der Waals surface area contributed by atoms with Gasteiger partial charge in [0.1, 0.15) is 0 Å². The molecule has 2 aliphatic heterocycles. The van der Waals surface area contributed by atoms with Crippen LogP contribution in [0.4, 0.5) is 28.4 Å². The number of allylic oxidation sites excluding steroid dienone is 4. The Labute approximate surface area is 422 Å². The van der Waals surface area contributed by atoms with Crippen molar-refractivity contribution in [2.45, 2.75) is 85.5 Å². The molecule has 10 aromatic rings. The van der Waals surface area contributed by atoms with Crippen LogP contribution in [0.2, 0.25) is 0 Å². The van der Waals surface area contributed by atoms with Crippen molar-refractivity contribution in [3.05, 3.63) is 198 Å². The zero-order chi connectivity index (χ0) is 48.6. The number of nitrogens with zero attached hydrogens (tertiary/aromatic N) is 2. The van der Waals surface area contributed by atoms with E-state index in [1.165, 1.54) is 124 Å². The third-order valence-corrected chi connectivity index (χ3v) is 17.5. The average molecular weight is 943 g/mol. The number of thiophene rings is 2. The zero-order valence-electron chi connectivity index (χ0n) is 42.1. The monoisotopic (exact) mass is 942 g/mol. The van der Waals surface area contributed by atoms with E-state index in [-0.39, 0.29) is 23.0 Å². The Morgan fingerprint density at radius 1 is 0.486 bits per heavy atom. The maximum absolute atomic E-state index is 4.57. The number of hydrogen-bond acceptors (Lipinski definition) is 4. The van der Waals surface area contributed by atoms with Gasteiger partial charge < -0.3 is 9.80 Å². The van der Waals surface area contributed by atoms with Crippen LogP contribution in [0.3, 0.4) is 0 Å². The van der Waals surface area contributed by atoms with E-state index in [4.69, 9.17) is 0 Å². The van der Waals surface area contributed by atoms with E-state index < -0.39 is 0 Å². The van der Waals surface area contributed by atoms with E-state index in [1.807, 2.05) is 22.7 Å². The third-order valence-electron chi connectivity index (χ3n) is 15.1. The minimum atomic E-state index is -0.0146. The second-order valence-electron chi connectivity index (χ2n) is 22.7. The lowest BCUT2D eigenvalue weighted by atomic mass is 9.39. The van der Waals surface area contributed by atoms with Crippen molar-refractivity contribution < 1.29 is 0 Å². The third kappa shape index (κ3) is 6.95. The van der Waals surface area contributed by atoms with Crippen LogP contribution in [0.1, 0.15) is 91.5 Å². The molecule has 2 aromatic heterocycles. The van der Waals surface area contributed by atoms with Gasteiger partial charge in [-0.05, 0) is 156 Å². The first kappa shape index (κ1) is 44.5. The quantitative estimate of drug-likeness (QED) is 0.0964. The fourth-order valence-corrected chi connectivity index (χ4v) is 13.8. The summed E-state index contributed by atoms with van der Waals surface area (Å²) in [5.41, 5.74) is 15.0. The fraction of sp³-hybridized carbons (Fsp3) is 0.200. The van der Waals surface area contributed by atoms with Gasteiger partial charge in [0.25, 0.3) is 6.71 Å². The molecule has 0 N–H and O–H groups in total. The number of hydrogen-bond donors (Lipinski definition) is 0. The van der Waals surface area contributed by atoms with Crippen LogP contribution in [-0.4, -0.2) is 6.71 Å². The topological polar surface area (TPSA) is 6.48 Å². The van der Waals surface area contributed by atoms with Crippen molar-refractivity contribution in [3.63, 3.8) is 0 Å². The van der Waals surface area contributed by atoms with Crippen LogP contribution in [0, 0.1) is 0 Å². The summed E-state index contributed by atoms with van der Waals surface area (Å²) in [6.45, 7) is 27.7. The summed E-state index contributed by atoms with van der Waals surface area (Å²) >= 11 is 3.94. The lowest BCUT2D eigenvalue weighted by Gasteiger charge is -2.42. The molecule has 8 aromatic carbocycles. The second-order valence-corrected chi connectivity index (χ2v) is 24.8. The van der Waals surface area contributed by atoms with Gasteiger partial charge in [-0.15, -0.1) is 22.7 Å². The molecule has 0 saturated carbocycles. The van der Waals surface area contributed by atoms with Crippen LogP contribution < -0.4 is 24.8 Å². The van der Waals surface area contributed by atoms with Gasteiger partial charge in [0.15, 0.2) is 0 Å². The van der Waals surface area contributed by atoms with Gasteiger partial charge >= 0.3 is 0 Å². The first-order chi connectivity index (χ1) is 33.5. The number of fused-ring (bicyclic) bond motifs is 14. The van der Waals surface area contributed by atoms with E-state index in [9.17, 15) is 0 Å². The van der Waals surface area contributed by atoms with Gasteiger partial charge in [0.05, 0.1) is 11.4 Å². The first-order valence-electron chi connectivity index (χ1n) is 24.8. The molecule has 0 atom stereocenters. The molecule has 0 aliphatic carbocycles.